The number of rotatable bonds is 4. The molecule has 0 saturated heterocycles. The summed E-state index contributed by atoms with van der Waals surface area (Å²) in [5, 5.41) is 20.4. The molecule has 1 aromatic carbocycles. The number of H-pyrrole nitrogens is 1. The molecular formula is C11H12N3O3+. The first-order chi connectivity index (χ1) is 8.16. The van der Waals surface area contributed by atoms with Crippen LogP contribution in [0, 0.1) is 10.1 Å². The van der Waals surface area contributed by atoms with Crippen LogP contribution in [0.4, 0.5) is 5.69 Å². The molecule has 1 atom stereocenters. The van der Waals surface area contributed by atoms with Crippen molar-refractivity contribution < 1.29 is 14.6 Å². The van der Waals surface area contributed by atoms with E-state index in [1.165, 1.54) is 12.1 Å². The van der Waals surface area contributed by atoms with Gasteiger partial charge in [0.15, 0.2) is 0 Å². The first-order valence-electron chi connectivity index (χ1n) is 5.11. The van der Waals surface area contributed by atoms with Crippen molar-refractivity contribution in [1.29, 1.82) is 0 Å². The summed E-state index contributed by atoms with van der Waals surface area (Å²) in [7, 11) is 0. The molecule has 0 unspecified atom stereocenters. The highest BCUT2D eigenvalue weighted by Crippen LogP contribution is 2.17. The third kappa shape index (κ3) is 2.67. The average molecular weight is 234 g/mol. The summed E-state index contributed by atoms with van der Waals surface area (Å²) in [6, 6.07) is 5.91. The van der Waals surface area contributed by atoms with Crippen LogP contribution < -0.4 is 4.57 Å². The molecule has 2 rings (SSSR count). The molecule has 0 fully saturated rings. The smallest absolute Gasteiger partial charge is 0.269 e. The Morgan fingerprint density at radius 3 is 2.65 bits per heavy atom. The lowest BCUT2D eigenvalue weighted by Gasteiger charge is -2.07. The molecule has 0 spiro atoms. The van der Waals surface area contributed by atoms with Gasteiger partial charge in [-0.15, -0.1) is 0 Å². The maximum absolute atomic E-state index is 10.5. The number of aliphatic hydroxyl groups is 1. The number of imidazole rings is 1. The van der Waals surface area contributed by atoms with Crippen molar-refractivity contribution in [2.24, 2.45) is 0 Å². The molecule has 6 heteroatoms. The molecule has 0 aliphatic carbocycles. The molecular weight excluding hydrogens is 222 g/mol. The van der Waals surface area contributed by atoms with Crippen molar-refractivity contribution in [1.82, 2.24) is 4.98 Å². The second-order valence-electron chi connectivity index (χ2n) is 3.67. The summed E-state index contributed by atoms with van der Waals surface area (Å²) in [4.78, 5) is 12.9. The Kier molecular flexibility index (Phi) is 3.15. The molecule has 0 radical (unpaired) electrons. The number of hydrogen-bond acceptors (Lipinski definition) is 3. The fourth-order valence-corrected chi connectivity index (χ4v) is 1.56. The lowest BCUT2D eigenvalue weighted by molar-refractivity contribution is -0.703. The highest BCUT2D eigenvalue weighted by atomic mass is 16.6. The van der Waals surface area contributed by atoms with Gasteiger partial charge in [0.1, 0.15) is 25.0 Å². The van der Waals surface area contributed by atoms with Crippen LogP contribution >= 0.6 is 0 Å². The van der Waals surface area contributed by atoms with Gasteiger partial charge in [-0.2, -0.15) is 0 Å². The maximum Gasteiger partial charge on any atom is 0.269 e. The van der Waals surface area contributed by atoms with Crippen LogP contribution in [-0.4, -0.2) is 15.0 Å². The maximum atomic E-state index is 10.5. The summed E-state index contributed by atoms with van der Waals surface area (Å²) in [5.41, 5.74) is 0.680. The SMILES string of the molecule is O=[N+]([O-])c1ccc([C@H](O)C[n+]2cc[nH]c2)cc1. The monoisotopic (exact) mass is 234 g/mol. The van der Waals surface area contributed by atoms with Crippen molar-refractivity contribution in [3.05, 3.63) is 58.7 Å². The van der Waals surface area contributed by atoms with E-state index in [9.17, 15) is 15.2 Å². The number of nitrogens with zero attached hydrogens (tertiary/aromatic N) is 2. The molecule has 1 heterocycles. The number of aromatic nitrogens is 2. The topological polar surface area (TPSA) is 83.0 Å². The van der Waals surface area contributed by atoms with Gasteiger partial charge in [0.25, 0.3) is 5.69 Å². The van der Waals surface area contributed by atoms with Crippen LogP contribution in [0.2, 0.25) is 0 Å². The second kappa shape index (κ2) is 4.75. The number of non-ortho nitro benzene ring substituents is 1. The Bertz CT molecular complexity index is 493. The number of hydrogen-bond donors (Lipinski definition) is 2. The summed E-state index contributed by atoms with van der Waals surface area (Å²) >= 11 is 0. The van der Waals surface area contributed by atoms with E-state index >= 15 is 0 Å². The van der Waals surface area contributed by atoms with Crippen molar-refractivity contribution >= 4 is 5.69 Å². The van der Waals surface area contributed by atoms with Gasteiger partial charge in [0, 0.05) is 12.1 Å². The summed E-state index contributed by atoms with van der Waals surface area (Å²) in [6.45, 7) is 0.404. The number of aliphatic hydroxyl groups excluding tert-OH is 1. The van der Waals surface area contributed by atoms with Crippen LogP contribution in [0.25, 0.3) is 0 Å². The lowest BCUT2D eigenvalue weighted by atomic mass is 10.1. The minimum Gasteiger partial charge on any atom is -0.384 e. The van der Waals surface area contributed by atoms with Gasteiger partial charge < -0.3 is 5.11 Å². The molecule has 17 heavy (non-hydrogen) atoms. The van der Waals surface area contributed by atoms with Gasteiger partial charge in [-0.05, 0) is 17.7 Å². The van der Waals surface area contributed by atoms with E-state index in [-0.39, 0.29) is 5.69 Å². The molecule has 2 aromatic rings. The summed E-state index contributed by atoms with van der Waals surface area (Å²) in [5.74, 6) is 0. The minimum absolute atomic E-state index is 0.0234. The quantitative estimate of drug-likeness (QED) is 0.469. The molecule has 88 valence electrons. The standard InChI is InChI=1S/C11H11N3O3/c15-11(7-13-6-5-12-8-13)9-1-3-10(4-2-9)14(16)17/h1-6,8,11,15H,7H2/p+1/t11-/m1/s1. The Morgan fingerprint density at radius 2 is 2.12 bits per heavy atom. The van der Waals surface area contributed by atoms with Crippen LogP contribution in [-0.2, 0) is 6.54 Å². The molecule has 0 saturated carbocycles. The normalized spacial score (nSPS) is 12.3. The Hall–Kier alpha value is -2.21. The fraction of sp³-hybridized carbons (Fsp3) is 0.182. The summed E-state index contributed by atoms with van der Waals surface area (Å²) < 4.78 is 1.80. The number of aromatic amines is 1. The number of nitrogens with one attached hydrogen (secondary N) is 1. The summed E-state index contributed by atoms with van der Waals surface area (Å²) in [6.07, 6.45) is 4.60. The van der Waals surface area contributed by atoms with Crippen molar-refractivity contribution in [3.8, 4) is 0 Å². The highest BCUT2D eigenvalue weighted by molar-refractivity contribution is 5.33. The van der Waals surface area contributed by atoms with E-state index in [1.807, 2.05) is 0 Å². The predicted molar refractivity (Wildman–Crippen MR) is 59.0 cm³/mol. The molecule has 1 aromatic heterocycles. The third-order valence-corrected chi connectivity index (χ3v) is 2.48. The largest absolute Gasteiger partial charge is 0.384 e. The molecule has 0 aliphatic rings. The molecule has 0 bridgehead atoms. The number of nitro groups is 1. The van der Waals surface area contributed by atoms with E-state index < -0.39 is 11.0 Å². The van der Waals surface area contributed by atoms with Crippen molar-refractivity contribution in [2.75, 3.05) is 0 Å². The number of nitro benzene ring substituents is 1. The zero-order chi connectivity index (χ0) is 12.3. The first kappa shape index (κ1) is 11.3. The Labute approximate surface area is 97.3 Å². The van der Waals surface area contributed by atoms with E-state index in [4.69, 9.17) is 0 Å². The minimum atomic E-state index is -0.684. The van der Waals surface area contributed by atoms with Gasteiger partial charge in [0.2, 0.25) is 6.33 Å². The zero-order valence-electron chi connectivity index (χ0n) is 8.98. The zero-order valence-corrected chi connectivity index (χ0v) is 8.98. The predicted octanol–water partition coefficient (Wildman–Crippen LogP) is 0.944. The molecule has 6 nitrogen and oxygen atoms in total. The van der Waals surface area contributed by atoms with Gasteiger partial charge in [-0.1, -0.05) is 0 Å². The van der Waals surface area contributed by atoms with E-state index in [2.05, 4.69) is 4.98 Å². The van der Waals surface area contributed by atoms with Crippen LogP contribution in [0.3, 0.4) is 0 Å². The number of benzene rings is 1. The van der Waals surface area contributed by atoms with Gasteiger partial charge in [-0.25, -0.2) is 4.57 Å². The van der Waals surface area contributed by atoms with Crippen molar-refractivity contribution in [3.63, 3.8) is 0 Å². The Morgan fingerprint density at radius 1 is 1.41 bits per heavy atom. The Balaban J connectivity index is 2.09. The van der Waals surface area contributed by atoms with Crippen LogP contribution in [0.5, 0.6) is 0 Å². The average Bonchev–Trinajstić information content (AvgIpc) is 2.82. The fourth-order valence-electron chi connectivity index (χ4n) is 1.56. The van der Waals surface area contributed by atoms with Crippen LogP contribution in [0.15, 0.2) is 43.0 Å². The highest BCUT2D eigenvalue weighted by Gasteiger charge is 2.13. The first-order valence-corrected chi connectivity index (χ1v) is 5.11. The molecule has 2 N–H and O–H groups in total. The van der Waals surface area contributed by atoms with Crippen molar-refractivity contribution in [2.45, 2.75) is 12.6 Å². The van der Waals surface area contributed by atoms with Gasteiger partial charge >= 0.3 is 0 Å². The molecule has 0 amide bonds. The van der Waals surface area contributed by atoms with Gasteiger partial charge in [-0.3, -0.25) is 15.1 Å². The van der Waals surface area contributed by atoms with Gasteiger partial charge in [0.05, 0.1) is 4.92 Å². The van der Waals surface area contributed by atoms with E-state index in [0.717, 1.165) is 0 Å². The third-order valence-electron chi connectivity index (χ3n) is 2.48. The lowest BCUT2D eigenvalue weighted by Crippen LogP contribution is -2.34. The molecule has 0 aliphatic heterocycles. The van der Waals surface area contributed by atoms with Crippen LogP contribution in [0.1, 0.15) is 11.7 Å². The second-order valence-corrected chi connectivity index (χ2v) is 3.67. The van der Waals surface area contributed by atoms with E-state index in [1.54, 1.807) is 35.4 Å². The van der Waals surface area contributed by atoms with E-state index in [0.29, 0.717) is 12.1 Å².